The first-order valence-corrected chi connectivity index (χ1v) is 12.7. The molecule has 3 unspecified atom stereocenters. The minimum Gasteiger partial charge on any atom is -0.480 e. The fraction of sp³-hybridized carbons (Fsp3) is 0.630. The van der Waals surface area contributed by atoms with Gasteiger partial charge in [-0.05, 0) is 50.3 Å². The third-order valence-corrected chi connectivity index (χ3v) is 6.06. The van der Waals surface area contributed by atoms with Crippen molar-refractivity contribution in [2.75, 3.05) is 0 Å². The maximum absolute atomic E-state index is 12.4. The molecule has 11 nitrogen and oxygen atoms in total. The van der Waals surface area contributed by atoms with E-state index in [-0.39, 0.29) is 42.6 Å². The van der Waals surface area contributed by atoms with Crippen molar-refractivity contribution in [3.8, 4) is 11.5 Å². The molecule has 0 radical (unpaired) electrons. The lowest BCUT2D eigenvalue weighted by atomic mass is 9.86. The molecule has 11 heteroatoms. The molecule has 4 atom stereocenters. The molecule has 38 heavy (non-hydrogen) atoms. The number of esters is 1. The number of carbonyl (C=O) groups excluding carboxylic acids is 3. The van der Waals surface area contributed by atoms with Crippen molar-refractivity contribution in [2.24, 2.45) is 17.6 Å². The average molecular weight is 540 g/mol. The van der Waals surface area contributed by atoms with Gasteiger partial charge < -0.3 is 34.5 Å². The van der Waals surface area contributed by atoms with Crippen molar-refractivity contribution < 1.29 is 48.0 Å². The predicted molar refractivity (Wildman–Crippen MR) is 138 cm³/mol. The fourth-order valence-corrected chi connectivity index (χ4v) is 3.09. The monoisotopic (exact) mass is 539 g/mol. The maximum Gasteiger partial charge on any atom is 0.514 e. The van der Waals surface area contributed by atoms with E-state index >= 15 is 0 Å². The van der Waals surface area contributed by atoms with Crippen LogP contribution in [0.15, 0.2) is 18.2 Å². The number of aliphatic carboxylic acids is 1. The van der Waals surface area contributed by atoms with E-state index in [2.05, 4.69) is 0 Å². The summed E-state index contributed by atoms with van der Waals surface area (Å²) in [6.45, 7) is 14.1. The molecule has 0 aliphatic rings. The van der Waals surface area contributed by atoms with Gasteiger partial charge in [-0.15, -0.1) is 0 Å². The van der Waals surface area contributed by atoms with Crippen LogP contribution in [0.2, 0.25) is 0 Å². The van der Waals surface area contributed by atoms with E-state index in [1.807, 2.05) is 27.7 Å². The van der Waals surface area contributed by atoms with Gasteiger partial charge >= 0.3 is 24.2 Å². The van der Waals surface area contributed by atoms with Crippen molar-refractivity contribution in [3.05, 3.63) is 23.8 Å². The molecule has 3 N–H and O–H groups in total. The quantitative estimate of drug-likeness (QED) is 0.200. The maximum atomic E-state index is 12.4. The van der Waals surface area contributed by atoms with Crippen LogP contribution in [-0.4, -0.2) is 53.2 Å². The van der Waals surface area contributed by atoms with E-state index < -0.39 is 48.1 Å². The lowest BCUT2D eigenvalue weighted by Gasteiger charge is -2.28. The van der Waals surface area contributed by atoms with E-state index in [9.17, 15) is 24.3 Å². The van der Waals surface area contributed by atoms with Gasteiger partial charge in [0.2, 0.25) is 0 Å². The minimum absolute atomic E-state index is 0.0225. The Balaban J connectivity index is 3.26. The van der Waals surface area contributed by atoms with Crippen molar-refractivity contribution in [1.82, 2.24) is 0 Å². The second-order valence-electron chi connectivity index (χ2n) is 10.1. The highest BCUT2D eigenvalue weighted by atomic mass is 16.7. The lowest BCUT2D eigenvalue weighted by molar-refractivity contribution is -0.153. The third kappa shape index (κ3) is 10.6. The largest absolute Gasteiger partial charge is 0.514 e. The van der Waals surface area contributed by atoms with Gasteiger partial charge in [-0.2, -0.15) is 0 Å². The van der Waals surface area contributed by atoms with Crippen molar-refractivity contribution in [1.29, 1.82) is 0 Å². The van der Waals surface area contributed by atoms with Crippen LogP contribution in [0.25, 0.3) is 0 Å². The molecule has 0 saturated carbocycles. The number of rotatable bonds is 13. The highest BCUT2D eigenvalue weighted by molar-refractivity contribution is 5.79. The van der Waals surface area contributed by atoms with Gasteiger partial charge in [0.1, 0.15) is 23.9 Å². The summed E-state index contributed by atoms with van der Waals surface area (Å²) in [6, 6.07) is 4.16. The first kappa shape index (κ1) is 32.7. The van der Waals surface area contributed by atoms with Crippen LogP contribution >= 0.6 is 0 Å². The molecule has 0 spiro atoms. The Bertz CT molecular complexity index is 977. The van der Waals surface area contributed by atoms with Gasteiger partial charge in [-0.25, -0.2) is 9.59 Å². The molecule has 0 saturated heterocycles. The summed E-state index contributed by atoms with van der Waals surface area (Å²) in [6.07, 6.45) is -3.92. The summed E-state index contributed by atoms with van der Waals surface area (Å²) in [5.41, 5.74) is 4.76. The molecular formula is C27H41NO10. The summed E-state index contributed by atoms with van der Waals surface area (Å²) < 4.78 is 26.3. The van der Waals surface area contributed by atoms with Crippen LogP contribution in [0, 0.1) is 11.8 Å². The van der Waals surface area contributed by atoms with Crippen LogP contribution in [0.3, 0.4) is 0 Å². The van der Waals surface area contributed by atoms with Gasteiger partial charge in [0.05, 0.1) is 0 Å². The molecule has 0 aliphatic carbocycles. The molecule has 0 heterocycles. The highest BCUT2D eigenvalue weighted by Crippen LogP contribution is 2.32. The van der Waals surface area contributed by atoms with Crippen LogP contribution in [-0.2, 0) is 30.2 Å². The topological polar surface area (TPSA) is 161 Å². The molecule has 0 aromatic heterocycles. The number of hydrogen-bond donors (Lipinski definition) is 2. The fourth-order valence-electron chi connectivity index (χ4n) is 3.09. The number of benzene rings is 1. The normalized spacial score (nSPS) is 15.1. The van der Waals surface area contributed by atoms with Crippen LogP contribution in [0.5, 0.6) is 11.5 Å². The van der Waals surface area contributed by atoms with E-state index in [1.54, 1.807) is 27.7 Å². The van der Waals surface area contributed by atoms with Crippen LogP contribution in [0.4, 0.5) is 9.59 Å². The molecular weight excluding hydrogens is 498 g/mol. The molecule has 0 amide bonds. The molecule has 1 aromatic carbocycles. The number of hydrogen-bond acceptors (Lipinski definition) is 10. The summed E-state index contributed by atoms with van der Waals surface area (Å²) in [5, 5.41) is 9.85. The second kappa shape index (κ2) is 14.6. The first-order chi connectivity index (χ1) is 17.6. The first-order valence-electron chi connectivity index (χ1n) is 12.7. The van der Waals surface area contributed by atoms with Gasteiger partial charge in [0.25, 0.3) is 0 Å². The summed E-state index contributed by atoms with van der Waals surface area (Å²) >= 11 is 0. The van der Waals surface area contributed by atoms with Crippen molar-refractivity contribution >= 4 is 24.2 Å². The molecule has 0 fully saturated rings. The van der Waals surface area contributed by atoms with Gasteiger partial charge in [0, 0.05) is 19.3 Å². The Kier molecular flexibility index (Phi) is 12.5. The predicted octanol–water partition coefficient (Wildman–Crippen LogP) is 4.86. The van der Waals surface area contributed by atoms with E-state index in [1.165, 1.54) is 18.2 Å². The third-order valence-electron chi connectivity index (χ3n) is 6.06. The zero-order chi connectivity index (χ0) is 29.2. The van der Waals surface area contributed by atoms with E-state index in [0.29, 0.717) is 5.56 Å². The summed E-state index contributed by atoms with van der Waals surface area (Å²) in [4.78, 5) is 48.4. The average Bonchev–Trinajstić information content (AvgIpc) is 2.79. The van der Waals surface area contributed by atoms with Gasteiger partial charge in [-0.3, -0.25) is 9.59 Å². The number of carbonyl (C=O) groups is 4. The Labute approximate surface area is 223 Å². The number of ether oxygens (including phenoxy) is 5. The van der Waals surface area contributed by atoms with Crippen molar-refractivity contribution in [2.45, 2.75) is 98.5 Å². The van der Waals surface area contributed by atoms with Crippen LogP contribution in [0.1, 0.15) is 73.8 Å². The Morgan fingerprint density at radius 1 is 0.842 bits per heavy atom. The smallest absolute Gasteiger partial charge is 0.480 e. The SMILES string of the molecule is CCC(=O)O[C@@H](C)CC(N)(Cc1ccc(OC(=O)OC(C)C(C)C)c(OC(=O)OC(C)C(C)C)c1)C(=O)O. The van der Waals surface area contributed by atoms with E-state index in [0.717, 1.165) is 0 Å². The molecule has 1 aromatic rings. The van der Waals surface area contributed by atoms with Gasteiger partial charge in [0.15, 0.2) is 11.5 Å². The standard InChI is InChI=1S/C27H41NO10/c1-9-23(29)34-17(6)13-27(28,24(30)31)14-20-10-11-21(37-25(32)35-18(7)15(2)3)22(12-20)38-26(33)36-19(8)16(4)5/h10-12,15-19H,9,13-14,28H2,1-8H3,(H,30,31)/t17-,18?,19?,27?/m0/s1. The summed E-state index contributed by atoms with van der Waals surface area (Å²) in [7, 11) is 0. The lowest BCUT2D eigenvalue weighted by Crippen LogP contribution is -2.52. The number of carboxylic acid groups (broad SMARTS) is 1. The molecule has 1 rings (SSSR count). The zero-order valence-corrected chi connectivity index (χ0v) is 23.4. The Morgan fingerprint density at radius 2 is 1.34 bits per heavy atom. The zero-order valence-electron chi connectivity index (χ0n) is 23.4. The molecule has 0 aliphatic heterocycles. The second-order valence-corrected chi connectivity index (χ2v) is 10.1. The number of nitrogens with two attached hydrogens (primary N) is 1. The minimum atomic E-state index is -1.81. The van der Waals surface area contributed by atoms with Gasteiger partial charge in [-0.1, -0.05) is 40.7 Å². The van der Waals surface area contributed by atoms with E-state index in [4.69, 9.17) is 29.4 Å². The Morgan fingerprint density at radius 3 is 1.79 bits per heavy atom. The highest BCUT2D eigenvalue weighted by Gasteiger charge is 2.37. The van der Waals surface area contributed by atoms with Crippen LogP contribution < -0.4 is 15.2 Å². The molecule has 214 valence electrons. The summed E-state index contributed by atoms with van der Waals surface area (Å²) in [5.74, 6) is -2.04. The number of carboxylic acids is 1. The van der Waals surface area contributed by atoms with Crippen molar-refractivity contribution in [3.63, 3.8) is 0 Å². The Hall–Kier alpha value is -3.34. The molecule has 0 bridgehead atoms.